The molecule has 1 heterocycles. The molecule has 0 radical (unpaired) electrons. The van der Waals surface area contributed by atoms with E-state index in [0.717, 1.165) is 5.16 Å². The number of nitrogens with two attached hydrogens (primary N) is 1. The normalized spacial score (nSPS) is 14.4. The highest BCUT2D eigenvalue weighted by atomic mass is 32.2. The van der Waals surface area contributed by atoms with Crippen LogP contribution in [0.15, 0.2) is 41.8 Å². The molecule has 2 N–H and O–H groups in total. The van der Waals surface area contributed by atoms with E-state index in [1.54, 1.807) is 11.8 Å². The first kappa shape index (κ1) is 13.2. The Labute approximate surface area is 112 Å². The minimum atomic E-state index is 0.0767. The predicted octanol–water partition coefficient (Wildman–Crippen LogP) is 2.91. The van der Waals surface area contributed by atoms with Crippen LogP contribution < -0.4 is 5.73 Å². The van der Waals surface area contributed by atoms with Crippen molar-refractivity contribution in [3.8, 4) is 0 Å². The molecule has 2 rings (SSSR count). The molecule has 0 amide bonds. The molecule has 1 aromatic heterocycles. The van der Waals surface area contributed by atoms with Crippen LogP contribution in [0.4, 0.5) is 0 Å². The van der Waals surface area contributed by atoms with Gasteiger partial charge in [0.25, 0.3) is 0 Å². The third-order valence-corrected chi connectivity index (χ3v) is 4.52. The van der Waals surface area contributed by atoms with Crippen molar-refractivity contribution in [1.82, 2.24) is 9.55 Å². The molecular weight excluding hydrogens is 242 g/mol. The van der Waals surface area contributed by atoms with Crippen molar-refractivity contribution in [3.63, 3.8) is 0 Å². The van der Waals surface area contributed by atoms with Crippen LogP contribution >= 0.6 is 11.8 Å². The lowest BCUT2D eigenvalue weighted by Gasteiger charge is -2.22. The molecule has 0 bridgehead atoms. The van der Waals surface area contributed by atoms with Gasteiger partial charge in [-0.2, -0.15) is 0 Å². The van der Waals surface area contributed by atoms with E-state index in [2.05, 4.69) is 36.2 Å². The van der Waals surface area contributed by atoms with Crippen LogP contribution in [0.2, 0.25) is 0 Å². The van der Waals surface area contributed by atoms with Crippen LogP contribution in [0.5, 0.6) is 0 Å². The fourth-order valence-electron chi connectivity index (χ4n) is 1.94. The summed E-state index contributed by atoms with van der Waals surface area (Å²) in [6.45, 7) is 4.18. The van der Waals surface area contributed by atoms with Gasteiger partial charge in [0.1, 0.15) is 0 Å². The molecule has 96 valence electrons. The van der Waals surface area contributed by atoms with Gasteiger partial charge in [0, 0.05) is 25.5 Å². The van der Waals surface area contributed by atoms with Crippen LogP contribution in [0, 0.1) is 6.92 Å². The topological polar surface area (TPSA) is 43.8 Å². The molecule has 0 aliphatic carbocycles. The highest BCUT2D eigenvalue weighted by Gasteiger charge is 2.21. The maximum atomic E-state index is 6.15. The highest BCUT2D eigenvalue weighted by molar-refractivity contribution is 7.99. The molecule has 2 unspecified atom stereocenters. The Kier molecular flexibility index (Phi) is 4.09. The van der Waals surface area contributed by atoms with Gasteiger partial charge in [0.15, 0.2) is 5.16 Å². The van der Waals surface area contributed by atoms with Crippen LogP contribution in [0.25, 0.3) is 0 Å². The van der Waals surface area contributed by atoms with Crippen molar-refractivity contribution in [2.24, 2.45) is 12.8 Å². The van der Waals surface area contributed by atoms with Gasteiger partial charge in [-0.1, -0.05) is 36.0 Å². The number of nitrogens with zero attached hydrogens (tertiary/aromatic N) is 2. The lowest BCUT2D eigenvalue weighted by atomic mass is 10.0. The molecule has 3 nitrogen and oxygen atoms in total. The van der Waals surface area contributed by atoms with Crippen molar-refractivity contribution in [3.05, 3.63) is 47.8 Å². The molecule has 0 saturated carbocycles. The molecule has 0 aliphatic rings. The first-order chi connectivity index (χ1) is 8.59. The number of benzene rings is 1. The number of aryl methyl sites for hydroxylation is 2. The van der Waals surface area contributed by atoms with Crippen LogP contribution in [0.1, 0.15) is 23.3 Å². The van der Waals surface area contributed by atoms with Crippen molar-refractivity contribution < 1.29 is 0 Å². The Balaban J connectivity index is 2.30. The fraction of sp³-hybridized carbons (Fsp3) is 0.357. The van der Waals surface area contributed by atoms with Gasteiger partial charge >= 0.3 is 0 Å². The van der Waals surface area contributed by atoms with Gasteiger partial charge in [-0.15, -0.1) is 0 Å². The average Bonchev–Trinajstić information content (AvgIpc) is 2.73. The number of hydrogen-bond donors (Lipinski definition) is 1. The van der Waals surface area contributed by atoms with Crippen molar-refractivity contribution in [2.75, 3.05) is 0 Å². The summed E-state index contributed by atoms with van der Waals surface area (Å²) in [6, 6.07) is 8.48. The second kappa shape index (κ2) is 5.59. The number of imidazole rings is 1. The van der Waals surface area contributed by atoms with Gasteiger partial charge < -0.3 is 10.3 Å². The number of aromatic nitrogens is 2. The van der Waals surface area contributed by atoms with Crippen molar-refractivity contribution in [2.45, 2.75) is 30.3 Å². The largest absolute Gasteiger partial charge is 0.329 e. The van der Waals surface area contributed by atoms with E-state index in [1.807, 2.05) is 30.9 Å². The Hall–Kier alpha value is -1.26. The molecule has 1 aromatic carbocycles. The summed E-state index contributed by atoms with van der Waals surface area (Å²) in [5, 5.41) is 1.23. The van der Waals surface area contributed by atoms with E-state index in [4.69, 9.17) is 5.73 Å². The zero-order chi connectivity index (χ0) is 13.1. The Morgan fingerprint density at radius 2 is 2.06 bits per heavy atom. The van der Waals surface area contributed by atoms with Gasteiger partial charge in [0.2, 0.25) is 0 Å². The molecule has 0 aliphatic heterocycles. The predicted molar refractivity (Wildman–Crippen MR) is 76.6 cm³/mol. The molecule has 0 fully saturated rings. The highest BCUT2D eigenvalue weighted by Crippen LogP contribution is 2.37. The summed E-state index contributed by atoms with van der Waals surface area (Å²) in [4.78, 5) is 4.36. The Bertz CT molecular complexity index is 519. The van der Waals surface area contributed by atoms with E-state index in [0.29, 0.717) is 0 Å². The molecule has 2 atom stereocenters. The van der Waals surface area contributed by atoms with E-state index < -0.39 is 0 Å². The lowest BCUT2D eigenvalue weighted by molar-refractivity contribution is 0.707. The minimum absolute atomic E-state index is 0.0767. The van der Waals surface area contributed by atoms with Crippen LogP contribution in [-0.2, 0) is 7.05 Å². The average molecular weight is 261 g/mol. The maximum absolute atomic E-state index is 6.15. The van der Waals surface area contributed by atoms with Gasteiger partial charge in [-0.25, -0.2) is 4.98 Å². The summed E-state index contributed by atoms with van der Waals surface area (Å²) in [6.07, 6.45) is 3.77. The molecular formula is C14H19N3S. The minimum Gasteiger partial charge on any atom is -0.329 e. The number of hydrogen-bond acceptors (Lipinski definition) is 3. The number of rotatable bonds is 4. The summed E-state index contributed by atoms with van der Waals surface area (Å²) in [5.41, 5.74) is 8.72. The lowest BCUT2D eigenvalue weighted by Crippen LogP contribution is -2.23. The molecule has 2 aromatic rings. The van der Waals surface area contributed by atoms with E-state index >= 15 is 0 Å². The standard InChI is InChI=1S/C14H19N3S/c1-10-6-4-5-7-12(10)13(11(2)15)18-14-16-8-9-17(14)3/h4-9,11,13H,15H2,1-3H3. The third kappa shape index (κ3) is 2.76. The second-order valence-electron chi connectivity index (χ2n) is 4.57. The van der Waals surface area contributed by atoms with Gasteiger partial charge in [0.05, 0.1) is 5.25 Å². The Morgan fingerprint density at radius 1 is 1.33 bits per heavy atom. The van der Waals surface area contributed by atoms with Gasteiger partial charge in [-0.05, 0) is 25.0 Å². The van der Waals surface area contributed by atoms with E-state index in [1.165, 1.54) is 11.1 Å². The summed E-state index contributed by atoms with van der Waals surface area (Å²) >= 11 is 1.72. The third-order valence-electron chi connectivity index (χ3n) is 2.98. The zero-order valence-corrected chi connectivity index (χ0v) is 11.8. The second-order valence-corrected chi connectivity index (χ2v) is 5.68. The SMILES string of the molecule is Cc1ccccc1C(Sc1nccn1C)C(C)N. The first-order valence-corrected chi connectivity index (χ1v) is 6.92. The molecule has 4 heteroatoms. The monoisotopic (exact) mass is 261 g/mol. The summed E-state index contributed by atoms with van der Waals surface area (Å²) in [7, 11) is 2.01. The quantitative estimate of drug-likeness (QED) is 0.861. The summed E-state index contributed by atoms with van der Waals surface area (Å²) in [5.74, 6) is 0. The molecule has 0 spiro atoms. The molecule has 0 saturated heterocycles. The van der Waals surface area contributed by atoms with Gasteiger partial charge in [-0.3, -0.25) is 0 Å². The number of thioether (sulfide) groups is 1. The maximum Gasteiger partial charge on any atom is 0.168 e. The van der Waals surface area contributed by atoms with Crippen LogP contribution in [0.3, 0.4) is 0 Å². The zero-order valence-electron chi connectivity index (χ0n) is 11.0. The fourth-order valence-corrected chi connectivity index (χ4v) is 3.12. The van der Waals surface area contributed by atoms with Crippen molar-refractivity contribution >= 4 is 11.8 Å². The van der Waals surface area contributed by atoms with Crippen molar-refractivity contribution in [1.29, 1.82) is 0 Å². The van der Waals surface area contributed by atoms with E-state index in [-0.39, 0.29) is 11.3 Å². The first-order valence-electron chi connectivity index (χ1n) is 6.04. The Morgan fingerprint density at radius 3 is 2.61 bits per heavy atom. The van der Waals surface area contributed by atoms with Crippen LogP contribution in [-0.4, -0.2) is 15.6 Å². The summed E-state index contributed by atoms with van der Waals surface area (Å²) < 4.78 is 2.03. The molecule has 18 heavy (non-hydrogen) atoms. The smallest absolute Gasteiger partial charge is 0.168 e. The van der Waals surface area contributed by atoms with E-state index in [9.17, 15) is 0 Å².